The van der Waals surface area contributed by atoms with E-state index in [9.17, 15) is 13.2 Å². The number of piperazine rings is 1. The van der Waals surface area contributed by atoms with Crippen LogP contribution in [0.2, 0.25) is 0 Å². The maximum Gasteiger partial charge on any atom is 0.241 e. The van der Waals surface area contributed by atoms with Crippen molar-refractivity contribution in [2.24, 2.45) is 0 Å². The van der Waals surface area contributed by atoms with Crippen LogP contribution in [0.15, 0.2) is 23.1 Å². The van der Waals surface area contributed by atoms with Crippen LogP contribution in [0, 0.1) is 0 Å². The number of rotatable bonds is 6. The first kappa shape index (κ1) is 19.5. The predicted molar refractivity (Wildman–Crippen MR) is 93.4 cm³/mol. The molecule has 0 spiro atoms. The van der Waals surface area contributed by atoms with Gasteiger partial charge in [-0.25, -0.2) is 8.42 Å². The van der Waals surface area contributed by atoms with Crippen LogP contribution in [-0.2, 0) is 14.8 Å². The number of likely N-dealkylation sites (N-methyl/N-ethyl adjacent to an activating group) is 1. The van der Waals surface area contributed by atoms with E-state index in [0.29, 0.717) is 24.6 Å². The van der Waals surface area contributed by atoms with Crippen molar-refractivity contribution in [2.45, 2.75) is 17.9 Å². The fourth-order valence-electron chi connectivity index (χ4n) is 2.64. The van der Waals surface area contributed by atoms with Gasteiger partial charge in [0, 0.05) is 32.2 Å². The monoisotopic (exact) mass is 371 g/mol. The summed E-state index contributed by atoms with van der Waals surface area (Å²) in [6, 6.07) is 3.45. The van der Waals surface area contributed by atoms with Crippen molar-refractivity contribution in [3.05, 3.63) is 18.2 Å². The zero-order valence-corrected chi connectivity index (χ0v) is 15.8. The van der Waals surface area contributed by atoms with Crippen LogP contribution in [0.25, 0.3) is 0 Å². The molecule has 140 valence electrons. The molecule has 1 aromatic carbocycles. The summed E-state index contributed by atoms with van der Waals surface area (Å²) in [5.74, 6) is 0.517. The number of carbonyl (C=O) groups excluding carboxylic acids is 1. The number of carbonyl (C=O) groups is 1. The molecule has 1 atom stereocenters. The molecule has 0 radical (unpaired) electrons. The van der Waals surface area contributed by atoms with E-state index in [1.807, 2.05) is 7.05 Å². The molecule has 9 heteroatoms. The van der Waals surface area contributed by atoms with E-state index in [2.05, 4.69) is 9.62 Å². The molecule has 1 aliphatic heterocycles. The molecule has 0 aromatic heterocycles. The third-order valence-corrected chi connectivity index (χ3v) is 5.72. The number of methoxy groups -OCH3 is 2. The number of hydrogen-bond acceptors (Lipinski definition) is 6. The van der Waals surface area contributed by atoms with Crippen molar-refractivity contribution in [2.75, 3.05) is 47.4 Å². The number of nitrogens with zero attached hydrogens (tertiary/aromatic N) is 2. The molecule has 1 aliphatic rings. The lowest BCUT2D eigenvalue weighted by molar-refractivity contribution is -0.134. The Morgan fingerprint density at radius 2 is 1.72 bits per heavy atom. The first-order valence-corrected chi connectivity index (χ1v) is 9.48. The Morgan fingerprint density at radius 1 is 1.12 bits per heavy atom. The van der Waals surface area contributed by atoms with Crippen molar-refractivity contribution in [1.82, 2.24) is 14.5 Å². The normalized spacial score (nSPS) is 17.2. The van der Waals surface area contributed by atoms with E-state index in [4.69, 9.17) is 9.47 Å². The minimum Gasteiger partial charge on any atom is -0.493 e. The van der Waals surface area contributed by atoms with Gasteiger partial charge in [0.1, 0.15) is 0 Å². The number of ether oxygens (including phenoxy) is 2. The first-order valence-electron chi connectivity index (χ1n) is 8.00. The minimum absolute atomic E-state index is 0.0168. The molecule has 0 bridgehead atoms. The van der Waals surface area contributed by atoms with E-state index < -0.39 is 16.1 Å². The van der Waals surface area contributed by atoms with Gasteiger partial charge in [-0.1, -0.05) is 0 Å². The van der Waals surface area contributed by atoms with Crippen molar-refractivity contribution in [3.8, 4) is 11.5 Å². The van der Waals surface area contributed by atoms with Crippen molar-refractivity contribution < 1.29 is 22.7 Å². The highest BCUT2D eigenvalue weighted by molar-refractivity contribution is 7.89. The largest absolute Gasteiger partial charge is 0.493 e. The summed E-state index contributed by atoms with van der Waals surface area (Å²) in [6.45, 7) is 4.30. The third-order valence-electron chi connectivity index (χ3n) is 4.18. The second-order valence-corrected chi connectivity index (χ2v) is 7.70. The molecule has 25 heavy (non-hydrogen) atoms. The van der Waals surface area contributed by atoms with Crippen molar-refractivity contribution in [1.29, 1.82) is 0 Å². The van der Waals surface area contributed by atoms with Crippen molar-refractivity contribution >= 4 is 15.9 Å². The van der Waals surface area contributed by atoms with E-state index in [0.717, 1.165) is 13.1 Å². The Bertz CT molecular complexity index is 714. The van der Waals surface area contributed by atoms with E-state index in [-0.39, 0.29) is 10.8 Å². The maximum absolute atomic E-state index is 12.6. The highest BCUT2D eigenvalue weighted by atomic mass is 32.2. The summed E-state index contributed by atoms with van der Waals surface area (Å²) in [6.07, 6.45) is 0. The molecule has 1 N–H and O–H groups in total. The zero-order valence-electron chi connectivity index (χ0n) is 15.0. The van der Waals surface area contributed by atoms with Crippen LogP contribution in [0.4, 0.5) is 0 Å². The van der Waals surface area contributed by atoms with Gasteiger partial charge in [0.25, 0.3) is 0 Å². The Hall–Kier alpha value is -1.84. The summed E-state index contributed by atoms with van der Waals surface area (Å²) >= 11 is 0. The average Bonchev–Trinajstić information content (AvgIpc) is 2.60. The summed E-state index contributed by atoms with van der Waals surface area (Å²) < 4.78 is 37.8. The highest BCUT2D eigenvalue weighted by Crippen LogP contribution is 2.29. The van der Waals surface area contributed by atoms with Gasteiger partial charge >= 0.3 is 0 Å². The van der Waals surface area contributed by atoms with Crippen molar-refractivity contribution in [3.63, 3.8) is 0 Å². The molecule has 0 unspecified atom stereocenters. The van der Waals surface area contributed by atoms with Gasteiger partial charge in [0.15, 0.2) is 11.5 Å². The molecule has 8 nitrogen and oxygen atoms in total. The Labute approximate surface area is 148 Å². The molecule has 1 saturated heterocycles. The van der Waals surface area contributed by atoms with Gasteiger partial charge in [-0.15, -0.1) is 0 Å². The van der Waals surface area contributed by atoms with Crippen LogP contribution < -0.4 is 14.2 Å². The van der Waals surface area contributed by atoms with Crippen LogP contribution in [0.5, 0.6) is 11.5 Å². The first-order chi connectivity index (χ1) is 11.8. The molecule has 1 aromatic rings. The molecular weight excluding hydrogens is 346 g/mol. The fourth-order valence-corrected chi connectivity index (χ4v) is 3.85. The molecule has 2 rings (SSSR count). The third kappa shape index (κ3) is 4.62. The highest BCUT2D eigenvalue weighted by Gasteiger charge is 2.28. The van der Waals surface area contributed by atoms with E-state index in [1.54, 1.807) is 11.8 Å². The molecule has 1 fully saturated rings. The number of amides is 1. The van der Waals surface area contributed by atoms with Gasteiger partial charge < -0.3 is 19.3 Å². The zero-order chi connectivity index (χ0) is 18.6. The van der Waals surface area contributed by atoms with Gasteiger partial charge in [-0.2, -0.15) is 4.72 Å². The predicted octanol–water partition coefficient (Wildman–Crippen LogP) is 0.145. The quantitative estimate of drug-likeness (QED) is 0.766. The van der Waals surface area contributed by atoms with Gasteiger partial charge in [0.05, 0.1) is 25.2 Å². The Morgan fingerprint density at radius 3 is 2.28 bits per heavy atom. The topological polar surface area (TPSA) is 88.2 Å². The summed E-state index contributed by atoms with van der Waals surface area (Å²) in [5, 5.41) is 0. The minimum atomic E-state index is -3.86. The van der Waals surface area contributed by atoms with Gasteiger partial charge in [0.2, 0.25) is 15.9 Å². The molecule has 1 amide bonds. The molecule has 1 heterocycles. The van der Waals surface area contributed by atoms with Gasteiger partial charge in [-0.3, -0.25) is 4.79 Å². The fraction of sp³-hybridized carbons (Fsp3) is 0.562. The second kappa shape index (κ2) is 8.03. The van der Waals surface area contributed by atoms with Crippen LogP contribution in [-0.4, -0.2) is 77.6 Å². The van der Waals surface area contributed by atoms with E-state index >= 15 is 0 Å². The number of sulfonamides is 1. The number of hydrogen-bond donors (Lipinski definition) is 1. The molecular formula is C16H25N3O5S. The maximum atomic E-state index is 12.6. The lowest BCUT2D eigenvalue weighted by Crippen LogP contribution is -2.53. The smallest absolute Gasteiger partial charge is 0.241 e. The standard InChI is InChI=1S/C16H25N3O5S/c1-12(16(20)19-9-7-18(2)8-10-19)17-25(21,22)13-5-6-14(23-3)15(11-13)24-4/h5-6,11-12,17H,7-10H2,1-4H3/t12-/m1/s1. The number of nitrogens with one attached hydrogen (secondary N) is 1. The van der Waals surface area contributed by atoms with Gasteiger partial charge in [-0.05, 0) is 26.1 Å². The molecule has 0 aliphatic carbocycles. The average molecular weight is 371 g/mol. The summed E-state index contributed by atoms with van der Waals surface area (Å²) in [7, 11) is 1.04. The Kier molecular flexibility index (Phi) is 6.26. The lowest BCUT2D eigenvalue weighted by Gasteiger charge is -2.34. The second-order valence-electron chi connectivity index (χ2n) is 5.99. The number of benzene rings is 1. The van der Waals surface area contributed by atoms with Crippen LogP contribution >= 0.6 is 0 Å². The summed E-state index contributed by atoms with van der Waals surface area (Å²) in [4.78, 5) is 16.3. The SMILES string of the molecule is COc1ccc(S(=O)(=O)N[C@H](C)C(=O)N2CCN(C)CC2)cc1OC. The van der Waals surface area contributed by atoms with Crippen LogP contribution in [0.1, 0.15) is 6.92 Å². The van der Waals surface area contributed by atoms with Crippen LogP contribution in [0.3, 0.4) is 0 Å². The molecule has 0 saturated carbocycles. The summed E-state index contributed by atoms with van der Waals surface area (Å²) in [5.41, 5.74) is 0. The Balaban J connectivity index is 2.11. The van der Waals surface area contributed by atoms with E-state index in [1.165, 1.54) is 32.4 Å². The lowest BCUT2D eigenvalue weighted by atomic mass is 10.2.